The first-order valence-electron chi connectivity index (χ1n) is 15.1. The Morgan fingerprint density at radius 2 is 1.44 bits per heavy atom. The molecule has 1 unspecified atom stereocenters. The number of nitrogens with zero attached hydrogens (tertiary/aromatic N) is 1. The van der Waals surface area contributed by atoms with Crippen LogP contribution >= 0.6 is 0 Å². The molecule has 4 aromatic carbocycles. The summed E-state index contributed by atoms with van der Waals surface area (Å²) < 4.78 is 10.6. The monoisotopic (exact) mass is 609 g/mol. The summed E-state index contributed by atoms with van der Waals surface area (Å²) in [5, 5.41) is 17.7. The third kappa shape index (κ3) is 8.94. The largest absolute Gasteiger partial charge is 0.497 e. The summed E-state index contributed by atoms with van der Waals surface area (Å²) in [7, 11) is 4.99. The molecule has 8 nitrogen and oxygen atoms in total. The van der Waals surface area contributed by atoms with E-state index < -0.39 is 12.1 Å². The van der Waals surface area contributed by atoms with Crippen molar-refractivity contribution in [2.75, 3.05) is 27.8 Å². The fourth-order valence-corrected chi connectivity index (χ4v) is 5.15. The van der Waals surface area contributed by atoms with Crippen molar-refractivity contribution in [2.45, 2.75) is 44.5 Å². The molecule has 0 bridgehead atoms. The first-order chi connectivity index (χ1) is 21.7. The summed E-state index contributed by atoms with van der Waals surface area (Å²) >= 11 is 0. The van der Waals surface area contributed by atoms with E-state index in [9.17, 15) is 14.7 Å². The van der Waals surface area contributed by atoms with Gasteiger partial charge in [0.15, 0.2) is 0 Å². The van der Waals surface area contributed by atoms with Crippen LogP contribution in [0.1, 0.15) is 63.3 Å². The topological polar surface area (TPSA) is 100 Å². The predicted octanol–water partition coefficient (Wildman–Crippen LogP) is 5.59. The highest BCUT2D eigenvalue weighted by molar-refractivity contribution is 5.99. The maximum atomic E-state index is 13.5. The van der Waals surface area contributed by atoms with Crippen LogP contribution in [0, 0.1) is 0 Å². The lowest BCUT2D eigenvalue weighted by atomic mass is 9.99. The van der Waals surface area contributed by atoms with E-state index in [1.165, 1.54) is 0 Å². The molecule has 45 heavy (non-hydrogen) atoms. The van der Waals surface area contributed by atoms with E-state index in [0.29, 0.717) is 17.5 Å². The predicted molar refractivity (Wildman–Crippen MR) is 177 cm³/mol. The summed E-state index contributed by atoms with van der Waals surface area (Å²) in [6, 6.07) is 31.0. The lowest BCUT2D eigenvalue weighted by Crippen LogP contribution is -2.49. The third-order valence-electron chi connectivity index (χ3n) is 8.18. The highest BCUT2D eigenvalue weighted by Crippen LogP contribution is 2.24. The van der Waals surface area contributed by atoms with Crippen LogP contribution in [0.25, 0.3) is 0 Å². The summed E-state index contributed by atoms with van der Waals surface area (Å²) in [6.07, 6.45) is -0.451. The molecule has 0 spiro atoms. The van der Waals surface area contributed by atoms with E-state index in [4.69, 9.17) is 9.47 Å². The first-order valence-corrected chi connectivity index (χ1v) is 15.1. The van der Waals surface area contributed by atoms with Gasteiger partial charge in [0.05, 0.1) is 32.4 Å². The van der Waals surface area contributed by atoms with Gasteiger partial charge in [-0.1, -0.05) is 60.7 Å². The van der Waals surface area contributed by atoms with E-state index in [-0.39, 0.29) is 30.4 Å². The molecule has 236 valence electrons. The van der Waals surface area contributed by atoms with Crippen LogP contribution in [0.15, 0.2) is 103 Å². The van der Waals surface area contributed by atoms with Crippen molar-refractivity contribution < 1.29 is 24.2 Å². The fourth-order valence-electron chi connectivity index (χ4n) is 5.15. The van der Waals surface area contributed by atoms with E-state index in [1.807, 2.05) is 92.7 Å². The van der Waals surface area contributed by atoms with Crippen molar-refractivity contribution in [3.63, 3.8) is 0 Å². The zero-order valence-electron chi connectivity index (χ0n) is 26.6. The number of hydrogen-bond donors (Lipinski definition) is 3. The van der Waals surface area contributed by atoms with Crippen LogP contribution in [0.4, 0.5) is 0 Å². The van der Waals surface area contributed by atoms with Gasteiger partial charge in [-0.15, -0.1) is 0 Å². The number of ether oxygens (including phenoxy) is 2. The Balaban J connectivity index is 1.46. The molecule has 0 heterocycles. The number of aliphatic hydroxyl groups is 1. The Hall–Kier alpha value is -4.66. The van der Waals surface area contributed by atoms with Gasteiger partial charge in [-0.2, -0.15) is 0 Å². The van der Waals surface area contributed by atoms with Crippen LogP contribution in [-0.4, -0.2) is 61.8 Å². The SMILES string of the molecule is COc1ccc(C(C)N(C)C(=O)c2cccc(C(=O)N[C@@H](Cc3ccccc3)[C@H](O)CN[C@H](C)c3cccc(OC)c3)c2)cc1. The van der Waals surface area contributed by atoms with Gasteiger partial charge in [-0.25, -0.2) is 0 Å². The standard InChI is InChI=1S/C37H43N3O5/c1-25(29-13-10-16-33(23-29)45-5)38-24-35(41)34(21-27-11-7-6-8-12-27)39-36(42)30-14-9-15-31(22-30)37(43)40(3)26(2)28-17-19-32(44-4)20-18-28/h6-20,22-23,25-26,34-35,38,41H,21,24H2,1-5H3,(H,39,42)/t25-,26?,34+,35-/m1/s1. The molecule has 2 amide bonds. The molecule has 0 aromatic heterocycles. The van der Waals surface area contributed by atoms with Gasteiger partial charge in [0, 0.05) is 30.8 Å². The maximum absolute atomic E-state index is 13.5. The minimum Gasteiger partial charge on any atom is -0.497 e. The summed E-state index contributed by atoms with van der Waals surface area (Å²) in [5.41, 5.74) is 3.72. The maximum Gasteiger partial charge on any atom is 0.254 e. The molecular weight excluding hydrogens is 566 g/mol. The Morgan fingerprint density at radius 3 is 2.13 bits per heavy atom. The molecule has 4 atom stereocenters. The van der Waals surface area contributed by atoms with Crippen LogP contribution < -0.4 is 20.1 Å². The highest BCUT2D eigenvalue weighted by atomic mass is 16.5. The van der Waals surface area contributed by atoms with Crippen molar-refractivity contribution >= 4 is 11.8 Å². The fraction of sp³-hybridized carbons (Fsp3) is 0.297. The van der Waals surface area contributed by atoms with Crippen molar-refractivity contribution in [1.29, 1.82) is 0 Å². The van der Waals surface area contributed by atoms with Crippen molar-refractivity contribution in [3.05, 3.63) is 131 Å². The van der Waals surface area contributed by atoms with Gasteiger partial charge < -0.3 is 30.1 Å². The van der Waals surface area contributed by atoms with Crippen LogP contribution in [0.2, 0.25) is 0 Å². The zero-order chi connectivity index (χ0) is 32.3. The Bertz CT molecular complexity index is 1540. The minimum absolute atomic E-state index is 0.0529. The average molecular weight is 610 g/mol. The molecule has 8 heteroatoms. The first kappa shape index (κ1) is 33.2. The molecule has 0 aliphatic carbocycles. The number of methoxy groups -OCH3 is 2. The van der Waals surface area contributed by atoms with Crippen LogP contribution in [-0.2, 0) is 6.42 Å². The molecule has 4 rings (SSSR count). The lowest BCUT2D eigenvalue weighted by Gasteiger charge is -2.27. The number of rotatable bonds is 14. The number of aliphatic hydroxyl groups excluding tert-OH is 1. The van der Waals surface area contributed by atoms with E-state index in [2.05, 4.69) is 10.6 Å². The quantitative estimate of drug-likeness (QED) is 0.172. The van der Waals surface area contributed by atoms with Gasteiger partial charge >= 0.3 is 0 Å². The number of nitrogens with one attached hydrogen (secondary N) is 2. The molecule has 0 aliphatic heterocycles. The smallest absolute Gasteiger partial charge is 0.254 e. The molecule has 3 N–H and O–H groups in total. The number of carbonyl (C=O) groups excluding carboxylic acids is 2. The van der Waals surface area contributed by atoms with Crippen LogP contribution in [0.5, 0.6) is 11.5 Å². The molecule has 0 radical (unpaired) electrons. The molecule has 0 saturated heterocycles. The van der Waals surface area contributed by atoms with E-state index in [0.717, 1.165) is 28.2 Å². The Morgan fingerprint density at radius 1 is 0.778 bits per heavy atom. The van der Waals surface area contributed by atoms with Crippen molar-refractivity contribution in [2.24, 2.45) is 0 Å². The van der Waals surface area contributed by atoms with Gasteiger partial charge in [-0.3, -0.25) is 9.59 Å². The van der Waals surface area contributed by atoms with Gasteiger partial charge in [-0.05, 0) is 79.4 Å². The van der Waals surface area contributed by atoms with Crippen molar-refractivity contribution in [1.82, 2.24) is 15.5 Å². The highest BCUT2D eigenvalue weighted by Gasteiger charge is 2.25. The van der Waals surface area contributed by atoms with Crippen molar-refractivity contribution in [3.8, 4) is 11.5 Å². The lowest BCUT2D eigenvalue weighted by molar-refractivity contribution is 0.0742. The number of carbonyl (C=O) groups is 2. The van der Waals surface area contributed by atoms with E-state index in [1.54, 1.807) is 50.4 Å². The molecule has 4 aromatic rings. The summed E-state index contributed by atoms with van der Waals surface area (Å²) in [6.45, 7) is 4.22. The Kier molecular flexibility index (Phi) is 11.7. The van der Waals surface area contributed by atoms with Gasteiger partial charge in [0.25, 0.3) is 11.8 Å². The zero-order valence-corrected chi connectivity index (χ0v) is 26.6. The second-order valence-electron chi connectivity index (χ2n) is 11.2. The molecular formula is C37H43N3O5. The normalized spacial score (nSPS) is 13.6. The average Bonchev–Trinajstić information content (AvgIpc) is 3.09. The summed E-state index contributed by atoms with van der Waals surface area (Å²) in [4.78, 5) is 28.6. The second-order valence-corrected chi connectivity index (χ2v) is 11.2. The Labute approximate surface area is 266 Å². The number of benzene rings is 4. The molecule has 0 aliphatic rings. The number of hydrogen-bond acceptors (Lipinski definition) is 6. The number of amides is 2. The van der Waals surface area contributed by atoms with E-state index >= 15 is 0 Å². The second kappa shape index (κ2) is 15.9. The van der Waals surface area contributed by atoms with Crippen LogP contribution in [0.3, 0.4) is 0 Å². The molecule has 0 saturated carbocycles. The minimum atomic E-state index is -0.886. The van der Waals surface area contributed by atoms with Gasteiger partial charge in [0.1, 0.15) is 11.5 Å². The summed E-state index contributed by atoms with van der Waals surface area (Å²) in [5.74, 6) is 0.940. The van der Waals surface area contributed by atoms with Gasteiger partial charge in [0.2, 0.25) is 0 Å². The third-order valence-corrected chi connectivity index (χ3v) is 8.18. The molecule has 0 fully saturated rings.